The molecule has 4 aliphatic heterocycles. The van der Waals surface area contributed by atoms with Crippen LogP contribution in [-0.4, -0.2) is 232 Å². The maximum atomic E-state index is 13.4. The highest BCUT2D eigenvalue weighted by Crippen LogP contribution is 2.39. The molecule has 0 saturated carbocycles. The number of benzene rings is 4. The Morgan fingerprint density at radius 3 is 0.816 bits per heavy atom. The van der Waals surface area contributed by atoms with E-state index in [2.05, 4.69) is 0 Å². The summed E-state index contributed by atoms with van der Waals surface area (Å²) < 4.78 is 109. The van der Waals surface area contributed by atoms with Gasteiger partial charge in [-0.3, -0.25) is 38.4 Å². The van der Waals surface area contributed by atoms with Crippen molar-refractivity contribution < 1.29 is 148 Å². The van der Waals surface area contributed by atoms with E-state index in [1.54, 1.807) is 169 Å². The Morgan fingerprint density at radius 1 is 0.353 bits per heavy atom. The Balaban J connectivity index is 0.000000320. The van der Waals surface area contributed by atoms with Crippen LogP contribution in [-0.2, 0) is 114 Å². The number of esters is 4. The van der Waals surface area contributed by atoms with Crippen molar-refractivity contribution >= 4 is 71.4 Å². The molecule has 4 saturated heterocycles. The average Bonchev–Trinajstić information content (AvgIpc) is 0.782. The van der Waals surface area contributed by atoms with Crippen molar-refractivity contribution in [2.75, 3.05) is 26.2 Å². The monoisotopic (exact) mass is 1920 g/mol. The lowest BCUT2D eigenvalue weighted by Gasteiger charge is -2.41. The molecule has 4 fully saturated rings. The lowest BCUT2D eigenvalue weighted by Crippen LogP contribution is -2.48. The standard InChI is InChI=1S/C26H38FNO7.C26H39NO7.C25H36FNO7.C24H34FNO7/c1-7-8-21(29)28(23(24(31)32)17-9-11-18(27)12-10-17)14-13-19-15-20(34-26(5,6)33-19)16-22(30)35-25(2,3)4;1-17(2)23(29)27(22(24(30)31)18-11-9-8-10-12-18)14-13-19-15-20(33-26(6,7)32-19)16-21(28)34-25(3,4)5;1-7-20(28)27(22(23(30)31)16-8-10-17(26)11-9-16)13-12-18-14-19(33-25(5,6)32-18)15-21(29)34-24(2,3)4;1-15(27)26(21(22(29)30)16-7-9-17(25)10-8-16)12-11-18-13-19(32-24(5,6)31-18)14-20(28)33-23(2,3)4/h9-12,19-20,23H,7-8,13-16H2,1-6H3,(H,31,32);8-12,17,19-20,22H,13-16H2,1-7H3,(H,30,31);8-11,18-19,22H,7,12-15H2,1-6H3,(H,30,31);7-10,18-19,21H,11-14H2,1-6H3,(H,29,30)/t19-,20-,23?;19-,20-,22?;18-,19-,22?;18-,19-,21?/m1111/s1. The summed E-state index contributed by atoms with van der Waals surface area (Å²) in [5, 5.41) is 39.6. The summed E-state index contributed by atoms with van der Waals surface area (Å²) in [4.78, 5) is 154. The molecular formula is C101H147F3N4O28. The molecular weight excluding hydrogens is 1770 g/mol. The molecule has 4 aliphatic rings. The predicted octanol–water partition coefficient (Wildman–Crippen LogP) is 17.0. The first-order valence-corrected chi connectivity index (χ1v) is 46.4. The molecule has 760 valence electrons. The molecule has 35 heteroatoms. The second-order valence-corrected chi connectivity index (χ2v) is 40.5. The summed E-state index contributed by atoms with van der Waals surface area (Å²) in [5.74, 6) is -13.1. The van der Waals surface area contributed by atoms with Crippen LogP contribution in [0, 0.1) is 23.4 Å². The van der Waals surface area contributed by atoms with Gasteiger partial charge in [-0.05, 0) is 229 Å². The Labute approximate surface area is 798 Å². The summed E-state index contributed by atoms with van der Waals surface area (Å²) in [5.41, 5.74) is -0.932. The number of amides is 4. The van der Waals surface area contributed by atoms with Gasteiger partial charge in [-0.15, -0.1) is 0 Å². The predicted molar refractivity (Wildman–Crippen MR) is 494 cm³/mol. The molecule has 4 aromatic carbocycles. The molecule has 0 aromatic heterocycles. The van der Waals surface area contributed by atoms with E-state index in [1.165, 1.54) is 87.2 Å². The molecule has 4 aromatic rings. The normalized spacial score (nSPS) is 20.9. The molecule has 4 N–H and O–H groups in total. The lowest BCUT2D eigenvalue weighted by molar-refractivity contribution is -0.301. The summed E-state index contributed by atoms with van der Waals surface area (Å²) in [7, 11) is 0. The number of ether oxygens (including phenoxy) is 12. The van der Waals surface area contributed by atoms with Crippen LogP contribution in [0.2, 0.25) is 0 Å². The number of carbonyl (C=O) groups is 12. The summed E-state index contributed by atoms with van der Waals surface area (Å²) in [6.07, 6.45) is 1.05. The zero-order valence-corrected chi connectivity index (χ0v) is 83.8. The van der Waals surface area contributed by atoms with Crippen LogP contribution >= 0.6 is 0 Å². The molecule has 136 heavy (non-hydrogen) atoms. The van der Waals surface area contributed by atoms with Crippen molar-refractivity contribution in [2.24, 2.45) is 5.92 Å². The number of hydrogen-bond acceptors (Lipinski definition) is 24. The first kappa shape index (κ1) is 116. The summed E-state index contributed by atoms with van der Waals surface area (Å²) in [6.45, 7) is 44.4. The van der Waals surface area contributed by atoms with E-state index in [0.29, 0.717) is 80.0 Å². The van der Waals surface area contributed by atoms with Gasteiger partial charge in [0.25, 0.3) is 0 Å². The Bertz CT molecular complexity index is 4570. The smallest absolute Gasteiger partial charge is 0.331 e. The summed E-state index contributed by atoms with van der Waals surface area (Å²) in [6, 6.07) is 19.1. The third-order valence-electron chi connectivity index (χ3n) is 21.2. The first-order valence-electron chi connectivity index (χ1n) is 46.4. The fourth-order valence-corrected chi connectivity index (χ4v) is 16.4. The first-order chi connectivity index (χ1) is 62.8. The molecule has 8 rings (SSSR count). The van der Waals surface area contributed by atoms with E-state index in [0.717, 1.165) is 12.1 Å². The van der Waals surface area contributed by atoms with Crippen LogP contribution < -0.4 is 0 Å². The maximum Gasteiger partial charge on any atom is 0.331 e. The highest BCUT2D eigenvalue weighted by atomic mass is 19.1. The van der Waals surface area contributed by atoms with Crippen LogP contribution in [0.5, 0.6) is 0 Å². The summed E-state index contributed by atoms with van der Waals surface area (Å²) >= 11 is 0. The highest BCUT2D eigenvalue weighted by molar-refractivity contribution is 5.87. The fraction of sp³-hybridized carbons (Fsp3) is 0.644. The third-order valence-corrected chi connectivity index (χ3v) is 21.2. The SMILES string of the molecule is CC(=O)N(CC[C@@H]1C[C@H](CC(=O)OC(C)(C)C)OC(C)(C)O1)C(C(=O)O)c1ccc(F)cc1.CC(C)C(=O)N(CC[C@@H]1C[C@H](CC(=O)OC(C)(C)C)OC(C)(C)O1)C(C(=O)O)c1ccccc1.CCC(=O)N(CC[C@@H]1C[C@H](CC(=O)OC(C)(C)C)OC(C)(C)O1)C(C(=O)O)c1ccc(F)cc1.CCCC(=O)N(CC[C@@H]1C[C@H](CC(=O)OC(C)(C)C)OC(C)(C)O1)C(C(=O)O)c1ccc(F)cc1. The van der Waals surface area contributed by atoms with Crippen LogP contribution in [0.1, 0.15) is 316 Å². The van der Waals surface area contributed by atoms with Crippen LogP contribution in [0.3, 0.4) is 0 Å². The van der Waals surface area contributed by atoms with E-state index in [-0.39, 0.29) is 137 Å². The molecule has 32 nitrogen and oxygen atoms in total. The third kappa shape index (κ3) is 41.3. The van der Waals surface area contributed by atoms with Gasteiger partial charge in [-0.1, -0.05) is 94.4 Å². The molecule has 0 bridgehead atoms. The minimum absolute atomic E-state index is 0.0598. The molecule has 4 unspecified atom stereocenters. The van der Waals surface area contributed by atoms with Gasteiger partial charge >= 0.3 is 47.8 Å². The number of aliphatic carboxylic acids is 4. The van der Waals surface area contributed by atoms with E-state index < -0.39 is 141 Å². The number of carboxylic acid groups (broad SMARTS) is 4. The number of nitrogens with zero attached hydrogens (tertiary/aromatic N) is 4. The topological polar surface area (TPSA) is 409 Å². The molecule has 0 spiro atoms. The van der Waals surface area contributed by atoms with Gasteiger partial charge in [0.1, 0.15) is 39.9 Å². The van der Waals surface area contributed by atoms with Gasteiger partial charge in [-0.25, -0.2) is 32.3 Å². The van der Waals surface area contributed by atoms with Crippen molar-refractivity contribution in [3.05, 3.63) is 143 Å². The zero-order chi connectivity index (χ0) is 103. The number of carboxylic acids is 4. The molecule has 4 heterocycles. The largest absolute Gasteiger partial charge is 0.479 e. The van der Waals surface area contributed by atoms with Gasteiger partial charge in [0, 0.05) is 77.5 Å². The van der Waals surface area contributed by atoms with E-state index in [1.807, 2.05) is 27.7 Å². The van der Waals surface area contributed by atoms with Gasteiger partial charge in [0.05, 0.1) is 74.5 Å². The second kappa shape index (κ2) is 51.1. The van der Waals surface area contributed by atoms with Crippen LogP contribution in [0.4, 0.5) is 13.2 Å². The molecule has 0 aliphatic carbocycles. The van der Waals surface area contributed by atoms with Crippen molar-refractivity contribution in [3.63, 3.8) is 0 Å². The number of carbonyl (C=O) groups excluding carboxylic acids is 8. The Morgan fingerprint density at radius 2 is 0.581 bits per heavy atom. The van der Waals surface area contributed by atoms with E-state index >= 15 is 0 Å². The number of rotatable bonds is 36. The van der Waals surface area contributed by atoms with Crippen molar-refractivity contribution in [1.82, 2.24) is 19.6 Å². The number of halogens is 3. The Hall–Kier alpha value is -10.0. The lowest BCUT2D eigenvalue weighted by atomic mass is 10.00. The van der Waals surface area contributed by atoms with Crippen molar-refractivity contribution in [2.45, 2.75) is 388 Å². The fourth-order valence-electron chi connectivity index (χ4n) is 16.4. The van der Waals surface area contributed by atoms with Crippen LogP contribution in [0.25, 0.3) is 0 Å². The second-order valence-electron chi connectivity index (χ2n) is 40.5. The van der Waals surface area contributed by atoms with Gasteiger partial charge < -0.3 is 96.9 Å². The molecule has 4 amide bonds. The average molecular weight is 1920 g/mol. The van der Waals surface area contributed by atoms with Gasteiger partial charge in [0.2, 0.25) is 23.6 Å². The zero-order valence-electron chi connectivity index (χ0n) is 83.8. The minimum Gasteiger partial charge on any atom is -0.479 e. The molecule has 12 atom stereocenters. The quantitative estimate of drug-likeness (QED) is 0.0243. The highest BCUT2D eigenvalue weighted by Gasteiger charge is 2.45. The maximum absolute atomic E-state index is 13.4. The van der Waals surface area contributed by atoms with Crippen LogP contribution in [0.15, 0.2) is 103 Å². The van der Waals surface area contributed by atoms with Crippen molar-refractivity contribution in [1.29, 1.82) is 0 Å². The van der Waals surface area contributed by atoms with E-state index in [4.69, 9.17) is 56.8 Å². The van der Waals surface area contributed by atoms with Gasteiger partial charge in [-0.2, -0.15) is 0 Å². The van der Waals surface area contributed by atoms with Crippen molar-refractivity contribution in [3.8, 4) is 0 Å². The van der Waals surface area contributed by atoms with Gasteiger partial charge in [0.15, 0.2) is 47.3 Å². The Kier molecular flexibility index (Phi) is 43.7. The molecule has 0 radical (unpaired) electrons. The minimum atomic E-state index is -1.26. The number of hydrogen-bond donors (Lipinski definition) is 4. The van der Waals surface area contributed by atoms with E-state index in [9.17, 15) is 91.1 Å².